The summed E-state index contributed by atoms with van der Waals surface area (Å²) in [5, 5.41) is 2.66. The van der Waals surface area contributed by atoms with Gasteiger partial charge in [0.1, 0.15) is 0 Å². The number of sulfonamides is 1. The number of benzene rings is 3. The van der Waals surface area contributed by atoms with Crippen LogP contribution in [0, 0.1) is 0 Å². The van der Waals surface area contributed by atoms with Crippen LogP contribution >= 0.6 is 0 Å². The predicted octanol–water partition coefficient (Wildman–Crippen LogP) is 3.25. The zero-order valence-electron chi connectivity index (χ0n) is 16.3. The lowest BCUT2D eigenvalue weighted by Crippen LogP contribution is -2.30. The van der Waals surface area contributed by atoms with Gasteiger partial charge in [-0.05, 0) is 55.5 Å². The van der Waals surface area contributed by atoms with Gasteiger partial charge in [-0.3, -0.25) is 13.9 Å². The van der Waals surface area contributed by atoms with E-state index in [1.54, 1.807) is 55.5 Å². The van der Waals surface area contributed by atoms with Gasteiger partial charge in [-0.25, -0.2) is 8.42 Å². The Balaban J connectivity index is 1.84. The van der Waals surface area contributed by atoms with Gasteiger partial charge in [0.2, 0.25) is 0 Å². The zero-order valence-corrected chi connectivity index (χ0v) is 17.1. The Bertz CT molecular complexity index is 1160. The second kappa shape index (κ2) is 8.79. The number of carbonyl (C=O) groups excluding carboxylic acids is 2. The number of carbonyl (C=O) groups is 2. The second-order valence-electron chi connectivity index (χ2n) is 6.39. The minimum Gasteiger partial charge on any atom is -0.366 e. The standard InChI is InChI=1S/C22H21N3O4S/c1-2-25(30(28,29)18-8-4-3-5-9-18)17-14-12-16(13-15-17)22(27)24-20-11-7-6-10-19(20)21(23)26/h3-15H,2H2,1H3,(H2,23,26)(H,24,27). The molecule has 0 fully saturated rings. The largest absolute Gasteiger partial charge is 0.366 e. The molecule has 0 bridgehead atoms. The minimum absolute atomic E-state index is 0.191. The van der Waals surface area contributed by atoms with Crippen LogP contribution in [-0.4, -0.2) is 26.8 Å². The highest BCUT2D eigenvalue weighted by atomic mass is 32.2. The van der Waals surface area contributed by atoms with E-state index in [1.807, 2.05) is 0 Å². The molecule has 2 amide bonds. The molecule has 0 unspecified atom stereocenters. The van der Waals surface area contributed by atoms with Crippen LogP contribution < -0.4 is 15.4 Å². The third kappa shape index (κ3) is 4.33. The van der Waals surface area contributed by atoms with Crippen LogP contribution in [-0.2, 0) is 10.0 Å². The van der Waals surface area contributed by atoms with Crippen molar-refractivity contribution >= 4 is 33.2 Å². The number of amides is 2. The molecule has 0 aromatic heterocycles. The predicted molar refractivity (Wildman–Crippen MR) is 116 cm³/mol. The Kier molecular flexibility index (Phi) is 6.17. The number of para-hydroxylation sites is 1. The molecule has 3 aromatic carbocycles. The summed E-state index contributed by atoms with van der Waals surface area (Å²) in [6, 6.07) is 20.8. The third-order valence-corrected chi connectivity index (χ3v) is 6.39. The van der Waals surface area contributed by atoms with Gasteiger partial charge in [0.25, 0.3) is 21.8 Å². The molecule has 0 spiro atoms. The number of nitrogens with two attached hydrogens (primary N) is 1. The second-order valence-corrected chi connectivity index (χ2v) is 8.26. The van der Waals surface area contributed by atoms with Crippen LogP contribution in [0.2, 0.25) is 0 Å². The van der Waals surface area contributed by atoms with Gasteiger partial charge >= 0.3 is 0 Å². The van der Waals surface area contributed by atoms with Crippen molar-refractivity contribution in [2.45, 2.75) is 11.8 Å². The molecule has 0 aliphatic heterocycles. The number of hydrogen-bond donors (Lipinski definition) is 2. The van der Waals surface area contributed by atoms with Gasteiger partial charge in [-0.1, -0.05) is 30.3 Å². The highest BCUT2D eigenvalue weighted by Crippen LogP contribution is 2.24. The lowest BCUT2D eigenvalue weighted by Gasteiger charge is -2.23. The molecule has 0 radical (unpaired) electrons. The normalized spacial score (nSPS) is 11.0. The summed E-state index contributed by atoms with van der Waals surface area (Å²) >= 11 is 0. The number of primary amides is 1. The van der Waals surface area contributed by atoms with Gasteiger partial charge in [0.15, 0.2) is 0 Å². The van der Waals surface area contributed by atoms with Crippen LogP contribution in [0.4, 0.5) is 11.4 Å². The molecule has 7 nitrogen and oxygen atoms in total. The lowest BCUT2D eigenvalue weighted by molar-refractivity contribution is 0.100. The Morgan fingerprint density at radius 2 is 1.50 bits per heavy atom. The molecule has 0 atom stereocenters. The monoisotopic (exact) mass is 423 g/mol. The summed E-state index contributed by atoms with van der Waals surface area (Å²) in [5.74, 6) is -1.09. The summed E-state index contributed by atoms with van der Waals surface area (Å²) < 4.78 is 27.1. The number of hydrogen-bond acceptors (Lipinski definition) is 4. The maximum Gasteiger partial charge on any atom is 0.264 e. The van der Waals surface area contributed by atoms with E-state index in [0.29, 0.717) is 16.9 Å². The Labute approximate surface area is 175 Å². The summed E-state index contributed by atoms with van der Waals surface area (Å²) in [6.07, 6.45) is 0. The Morgan fingerprint density at radius 1 is 0.900 bits per heavy atom. The lowest BCUT2D eigenvalue weighted by atomic mass is 10.1. The molecule has 0 saturated carbocycles. The molecule has 154 valence electrons. The first-order valence-electron chi connectivity index (χ1n) is 9.22. The smallest absolute Gasteiger partial charge is 0.264 e. The zero-order chi connectivity index (χ0) is 21.7. The summed E-state index contributed by atoms with van der Waals surface area (Å²) in [4.78, 5) is 24.3. The van der Waals surface area contributed by atoms with Crippen molar-refractivity contribution in [3.8, 4) is 0 Å². The molecular formula is C22H21N3O4S. The molecule has 8 heteroatoms. The number of anilines is 2. The van der Waals surface area contributed by atoms with E-state index in [-0.39, 0.29) is 17.0 Å². The molecule has 0 saturated heterocycles. The van der Waals surface area contributed by atoms with Gasteiger partial charge in [-0.2, -0.15) is 0 Å². The first-order chi connectivity index (χ1) is 14.3. The molecule has 3 N–H and O–H groups in total. The summed E-state index contributed by atoms with van der Waals surface area (Å²) in [5.41, 5.74) is 6.59. The molecule has 3 aromatic rings. The van der Waals surface area contributed by atoms with Crippen molar-refractivity contribution in [3.05, 3.63) is 90.0 Å². The highest BCUT2D eigenvalue weighted by molar-refractivity contribution is 7.92. The van der Waals surface area contributed by atoms with Crippen LogP contribution in [0.25, 0.3) is 0 Å². The highest BCUT2D eigenvalue weighted by Gasteiger charge is 2.23. The van der Waals surface area contributed by atoms with E-state index in [9.17, 15) is 18.0 Å². The fourth-order valence-corrected chi connectivity index (χ4v) is 4.49. The van der Waals surface area contributed by atoms with E-state index < -0.39 is 21.8 Å². The average Bonchev–Trinajstić information content (AvgIpc) is 2.75. The molecular weight excluding hydrogens is 402 g/mol. The molecule has 30 heavy (non-hydrogen) atoms. The van der Waals surface area contributed by atoms with Crippen LogP contribution in [0.5, 0.6) is 0 Å². The minimum atomic E-state index is -3.72. The fourth-order valence-electron chi connectivity index (χ4n) is 2.99. The van der Waals surface area contributed by atoms with E-state index in [4.69, 9.17) is 5.73 Å². The van der Waals surface area contributed by atoms with Crippen molar-refractivity contribution in [2.75, 3.05) is 16.2 Å². The summed E-state index contributed by atoms with van der Waals surface area (Å²) in [6.45, 7) is 1.97. The molecule has 0 aliphatic rings. The van der Waals surface area contributed by atoms with E-state index in [1.165, 1.54) is 34.6 Å². The van der Waals surface area contributed by atoms with Crippen molar-refractivity contribution in [2.24, 2.45) is 5.73 Å². The SMILES string of the molecule is CCN(c1ccc(C(=O)Nc2ccccc2C(N)=O)cc1)S(=O)(=O)c1ccccc1. The van der Waals surface area contributed by atoms with Crippen LogP contribution in [0.1, 0.15) is 27.6 Å². The first kappa shape index (κ1) is 21.1. The first-order valence-corrected chi connectivity index (χ1v) is 10.7. The molecule has 0 aliphatic carbocycles. The maximum absolute atomic E-state index is 12.9. The molecule has 3 rings (SSSR count). The van der Waals surface area contributed by atoms with E-state index in [2.05, 4.69) is 5.32 Å². The number of nitrogens with zero attached hydrogens (tertiary/aromatic N) is 1. The van der Waals surface area contributed by atoms with Crippen molar-refractivity contribution in [3.63, 3.8) is 0 Å². The number of rotatable bonds is 7. The van der Waals surface area contributed by atoms with Crippen LogP contribution in [0.3, 0.4) is 0 Å². The average molecular weight is 423 g/mol. The van der Waals surface area contributed by atoms with Gasteiger partial charge in [-0.15, -0.1) is 0 Å². The van der Waals surface area contributed by atoms with E-state index >= 15 is 0 Å². The Hall–Kier alpha value is -3.65. The van der Waals surface area contributed by atoms with Gasteiger partial charge in [0, 0.05) is 12.1 Å². The van der Waals surface area contributed by atoms with E-state index in [0.717, 1.165) is 0 Å². The summed E-state index contributed by atoms with van der Waals surface area (Å²) in [7, 11) is -3.72. The third-order valence-electron chi connectivity index (χ3n) is 4.48. The molecule has 0 heterocycles. The van der Waals surface area contributed by atoms with Crippen molar-refractivity contribution in [1.82, 2.24) is 0 Å². The van der Waals surface area contributed by atoms with Gasteiger partial charge in [0.05, 0.1) is 21.8 Å². The Morgan fingerprint density at radius 3 is 2.10 bits per heavy atom. The van der Waals surface area contributed by atoms with Crippen molar-refractivity contribution < 1.29 is 18.0 Å². The quantitative estimate of drug-likeness (QED) is 0.608. The fraction of sp³-hybridized carbons (Fsp3) is 0.0909. The van der Waals surface area contributed by atoms with Gasteiger partial charge < -0.3 is 11.1 Å². The number of nitrogens with one attached hydrogen (secondary N) is 1. The maximum atomic E-state index is 12.9. The topological polar surface area (TPSA) is 110 Å². The van der Waals surface area contributed by atoms with Crippen LogP contribution in [0.15, 0.2) is 83.8 Å². The van der Waals surface area contributed by atoms with Crippen molar-refractivity contribution in [1.29, 1.82) is 0 Å².